The van der Waals surface area contributed by atoms with Crippen molar-refractivity contribution < 1.29 is 4.79 Å². The van der Waals surface area contributed by atoms with Gasteiger partial charge in [-0.05, 0) is 13.0 Å². The lowest BCUT2D eigenvalue weighted by Crippen LogP contribution is -2.49. The van der Waals surface area contributed by atoms with Gasteiger partial charge in [0.05, 0.1) is 22.6 Å². The molecule has 0 aliphatic carbocycles. The molecule has 6 nitrogen and oxygen atoms in total. The summed E-state index contributed by atoms with van der Waals surface area (Å²) >= 11 is 6.16. The fourth-order valence-electron chi connectivity index (χ4n) is 2.44. The van der Waals surface area contributed by atoms with Crippen LogP contribution < -0.4 is 4.90 Å². The van der Waals surface area contributed by atoms with E-state index in [0.717, 1.165) is 24.5 Å². The molecule has 0 aromatic carbocycles. The zero-order chi connectivity index (χ0) is 15.5. The minimum atomic E-state index is -0.0759. The summed E-state index contributed by atoms with van der Waals surface area (Å²) in [5.41, 5.74) is 2.15. The van der Waals surface area contributed by atoms with Gasteiger partial charge in [0.2, 0.25) is 0 Å². The fraction of sp³-hybridized carbons (Fsp3) is 0.333. The van der Waals surface area contributed by atoms with Gasteiger partial charge in [-0.15, -0.1) is 0 Å². The van der Waals surface area contributed by atoms with Gasteiger partial charge in [-0.1, -0.05) is 11.6 Å². The van der Waals surface area contributed by atoms with E-state index in [0.29, 0.717) is 23.8 Å². The normalized spacial score (nSPS) is 15.0. The van der Waals surface area contributed by atoms with E-state index in [1.807, 2.05) is 13.0 Å². The molecule has 0 bridgehead atoms. The van der Waals surface area contributed by atoms with Crippen LogP contribution in [0.2, 0.25) is 5.02 Å². The van der Waals surface area contributed by atoms with Crippen molar-refractivity contribution in [3.8, 4) is 0 Å². The molecule has 22 heavy (non-hydrogen) atoms. The summed E-state index contributed by atoms with van der Waals surface area (Å²) in [5, 5.41) is 0.631. The molecule has 0 N–H and O–H groups in total. The van der Waals surface area contributed by atoms with Crippen LogP contribution in [0.25, 0.3) is 0 Å². The zero-order valence-electron chi connectivity index (χ0n) is 12.2. The molecule has 7 heteroatoms. The Morgan fingerprint density at radius 2 is 1.91 bits per heavy atom. The highest BCUT2D eigenvalue weighted by Gasteiger charge is 2.24. The number of piperazine rings is 1. The second kappa shape index (κ2) is 6.27. The van der Waals surface area contributed by atoms with E-state index in [1.54, 1.807) is 23.5 Å². The Labute approximate surface area is 133 Å². The largest absolute Gasteiger partial charge is 0.367 e. The number of pyridine rings is 1. The van der Waals surface area contributed by atoms with Crippen molar-refractivity contribution in [2.45, 2.75) is 6.92 Å². The van der Waals surface area contributed by atoms with Gasteiger partial charge in [-0.25, -0.2) is 4.98 Å². The van der Waals surface area contributed by atoms with E-state index < -0.39 is 0 Å². The zero-order valence-corrected chi connectivity index (χ0v) is 13.0. The highest BCUT2D eigenvalue weighted by Crippen LogP contribution is 2.25. The average molecular weight is 318 g/mol. The van der Waals surface area contributed by atoms with E-state index in [2.05, 4.69) is 19.9 Å². The first kappa shape index (κ1) is 14.7. The number of carbonyl (C=O) groups is 1. The van der Waals surface area contributed by atoms with Gasteiger partial charge < -0.3 is 9.80 Å². The molecule has 1 amide bonds. The number of rotatable bonds is 2. The highest BCUT2D eigenvalue weighted by atomic mass is 35.5. The van der Waals surface area contributed by atoms with Crippen molar-refractivity contribution in [2.75, 3.05) is 31.1 Å². The van der Waals surface area contributed by atoms with Crippen LogP contribution in [0.15, 0.2) is 30.9 Å². The molecule has 1 aliphatic rings. The average Bonchev–Trinajstić information content (AvgIpc) is 2.56. The molecule has 0 radical (unpaired) electrons. The lowest BCUT2D eigenvalue weighted by Gasteiger charge is -2.36. The van der Waals surface area contributed by atoms with Gasteiger partial charge in [-0.2, -0.15) is 0 Å². The van der Waals surface area contributed by atoms with Gasteiger partial charge in [0.1, 0.15) is 5.69 Å². The van der Waals surface area contributed by atoms with Gasteiger partial charge >= 0.3 is 0 Å². The summed E-state index contributed by atoms with van der Waals surface area (Å²) in [6.45, 7) is 4.57. The predicted octanol–water partition coefficient (Wildman–Crippen LogP) is 1.80. The Hall–Kier alpha value is -2.21. The summed E-state index contributed by atoms with van der Waals surface area (Å²) in [6.07, 6.45) is 6.50. The predicted molar refractivity (Wildman–Crippen MR) is 84.1 cm³/mol. The number of halogens is 1. The molecule has 114 valence electrons. The second-order valence-corrected chi connectivity index (χ2v) is 5.56. The number of anilines is 1. The van der Waals surface area contributed by atoms with Crippen LogP contribution in [0.5, 0.6) is 0 Å². The number of nitrogens with zero attached hydrogens (tertiary/aromatic N) is 5. The van der Waals surface area contributed by atoms with Crippen LogP contribution in [-0.2, 0) is 0 Å². The van der Waals surface area contributed by atoms with E-state index in [-0.39, 0.29) is 5.91 Å². The van der Waals surface area contributed by atoms with Crippen molar-refractivity contribution in [1.82, 2.24) is 19.9 Å². The third-order valence-corrected chi connectivity index (χ3v) is 3.95. The SMILES string of the molecule is Cc1cnc(C(=O)N2CCN(c3ccncc3Cl)CC2)cn1. The van der Waals surface area contributed by atoms with Crippen molar-refractivity contribution in [1.29, 1.82) is 0 Å². The molecule has 1 aliphatic heterocycles. The molecule has 3 rings (SSSR count). The van der Waals surface area contributed by atoms with Crippen molar-refractivity contribution in [3.05, 3.63) is 47.3 Å². The summed E-state index contributed by atoms with van der Waals surface area (Å²) < 4.78 is 0. The molecule has 1 saturated heterocycles. The third kappa shape index (κ3) is 3.01. The van der Waals surface area contributed by atoms with Crippen LogP contribution >= 0.6 is 11.6 Å². The van der Waals surface area contributed by atoms with E-state index in [9.17, 15) is 4.79 Å². The maximum atomic E-state index is 12.4. The molecule has 1 fully saturated rings. The first-order valence-electron chi connectivity index (χ1n) is 7.07. The van der Waals surface area contributed by atoms with Crippen molar-refractivity contribution in [2.24, 2.45) is 0 Å². The highest BCUT2D eigenvalue weighted by molar-refractivity contribution is 6.33. The minimum Gasteiger partial charge on any atom is -0.367 e. The fourth-order valence-corrected chi connectivity index (χ4v) is 2.68. The van der Waals surface area contributed by atoms with Gasteiger partial charge in [0.25, 0.3) is 5.91 Å². The molecular weight excluding hydrogens is 302 g/mol. The smallest absolute Gasteiger partial charge is 0.274 e. The first-order chi connectivity index (χ1) is 10.6. The van der Waals surface area contributed by atoms with Crippen LogP contribution in [0.1, 0.15) is 16.2 Å². The summed E-state index contributed by atoms with van der Waals surface area (Å²) in [7, 11) is 0. The number of hydrogen-bond acceptors (Lipinski definition) is 5. The monoisotopic (exact) mass is 317 g/mol. The second-order valence-electron chi connectivity index (χ2n) is 5.15. The van der Waals surface area contributed by atoms with Crippen molar-refractivity contribution in [3.63, 3.8) is 0 Å². The first-order valence-corrected chi connectivity index (χ1v) is 7.45. The Bertz CT molecular complexity index is 668. The quantitative estimate of drug-likeness (QED) is 0.845. The molecule has 0 unspecified atom stereocenters. The van der Waals surface area contributed by atoms with Gasteiger partial charge in [-0.3, -0.25) is 14.8 Å². The Kier molecular flexibility index (Phi) is 4.20. The van der Waals surface area contributed by atoms with Crippen LogP contribution in [-0.4, -0.2) is 51.9 Å². The maximum Gasteiger partial charge on any atom is 0.274 e. The Morgan fingerprint density at radius 1 is 1.14 bits per heavy atom. The summed E-state index contributed by atoms with van der Waals surface area (Å²) in [5.74, 6) is -0.0759. The van der Waals surface area contributed by atoms with E-state index in [1.165, 1.54) is 6.20 Å². The molecule has 0 atom stereocenters. The number of amides is 1. The molecule has 2 aromatic rings. The number of aryl methyl sites for hydroxylation is 1. The lowest BCUT2D eigenvalue weighted by atomic mass is 10.2. The number of aromatic nitrogens is 3. The van der Waals surface area contributed by atoms with Gasteiger partial charge in [0, 0.05) is 44.8 Å². The molecular formula is C15H16ClN5O. The topological polar surface area (TPSA) is 62.2 Å². The summed E-state index contributed by atoms with van der Waals surface area (Å²) in [6, 6.07) is 1.89. The van der Waals surface area contributed by atoms with Crippen LogP contribution in [0, 0.1) is 6.92 Å². The van der Waals surface area contributed by atoms with E-state index in [4.69, 9.17) is 11.6 Å². The maximum absolute atomic E-state index is 12.4. The van der Waals surface area contributed by atoms with Gasteiger partial charge in [0.15, 0.2) is 0 Å². The molecule has 0 saturated carbocycles. The molecule has 2 aromatic heterocycles. The van der Waals surface area contributed by atoms with E-state index >= 15 is 0 Å². The molecule has 0 spiro atoms. The van der Waals surface area contributed by atoms with Crippen molar-refractivity contribution >= 4 is 23.2 Å². The number of hydrogen-bond donors (Lipinski definition) is 0. The minimum absolute atomic E-state index is 0.0759. The van der Waals surface area contributed by atoms with Crippen LogP contribution in [0.4, 0.5) is 5.69 Å². The standard InChI is InChI=1S/C15H16ClN5O/c1-11-8-19-13(10-18-11)15(22)21-6-4-20(5-7-21)14-2-3-17-9-12(14)16/h2-3,8-10H,4-7H2,1H3. The summed E-state index contributed by atoms with van der Waals surface area (Å²) in [4.78, 5) is 28.6. The third-order valence-electron chi connectivity index (χ3n) is 3.66. The Morgan fingerprint density at radius 3 is 2.55 bits per heavy atom. The lowest BCUT2D eigenvalue weighted by molar-refractivity contribution is 0.0740. The number of carbonyl (C=O) groups excluding carboxylic acids is 1. The molecule has 3 heterocycles. The Balaban J connectivity index is 1.65. The van der Waals surface area contributed by atoms with Crippen LogP contribution in [0.3, 0.4) is 0 Å².